The summed E-state index contributed by atoms with van der Waals surface area (Å²) < 4.78 is 39.6. The predicted molar refractivity (Wildman–Crippen MR) is 222 cm³/mol. The van der Waals surface area contributed by atoms with Crippen molar-refractivity contribution in [2.45, 2.75) is 128 Å². The minimum atomic E-state index is -1.03. The minimum Gasteiger partial charge on any atom is -0.444 e. The van der Waals surface area contributed by atoms with E-state index < -0.39 is 54.4 Å². The zero-order valence-electron chi connectivity index (χ0n) is 33.9. The van der Waals surface area contributed by atoms with E-state index in [1.54, 1.807) is 6.08 Å². The number of carbonyl (C=O) groups is 1. The van der Waals surface area contributed by atoms with Crippen molar-refractivity contribution in [1.29, 1.82) is 0 Å². The molecule has 0 aliphatic carbocycles. The molecule has 1 amide bonds. The lowest BCUT2D eigenvalue weighted by atomic mass is 9.89. The monoisotopic (exact) mass is 779 g/mol. The van der Waals surface area contributed by atoms with Gasteiger partial charge >= 0.3 is 6.09 Å². The summed E-state index contributed by atoms with van der Waals surface area (Å²) >= 11 is 0. The normalized spacial score (nSPS) is 20.9. The SMILES string of the molecule is CCCC/C=C/[C@@H](O)[C@H](C[C@H]1O[C@H](COCc2ccccc2)[C@H](OCc2ccccc2)[C@H](OCc2ccccc2)[C@H]1OCc1ccccc1)NC(=O)OC(C)(C)C. The van der Waals surface area contributed by atoms with Gasteiger partial charge in [0.25, 0.3) is 0 Å². The molecule has 0 unspecified atom stereocenters. The second-order valence-corrected chi connectivity index (χ2v) is 15.5. The van der Waals surface area contributed by atoms with E-state index in [2.05, 4.69) is 12.2 Å². The Morgan fingerprint density at radius 1 is 0.702 bits per heavy atom. The molecular weight excluding hydrogens is 719 g/mol. The summed E-state index contributed by atoms with van der Waals surface area (Å²) in [5.41, 5.74) is 3.28. The molecule has 0 bridgehead atoms. The highest BCUT2D eigenvalue weighted by atomic mass is 16.6. The standard InChI is InChI=1S/C48H61NO8/c1-5-6-7-20-29-41(50)40(49-47(51)57-48(2,3)4)30-42-44(53-32-37-23-14-9-15-24-37)46(55-34-39-27-18-11-19-28-39)45(54-33-38-25-16-10-17-26-38)43(56-42)35-52-31-36-21-12-8-13-22-36/h8-29,40-46,50H,5-7,30-35H2,1-4H3,(H,49,51)/b29-20+/t40-,41+,42+,43+,44-,45-,46+/m0/s1. The van der Waals surface area contributed by atoms with Gasteiger partial charge in [-0.2, -0.15) is 0 Å². The molecule has 1 aliphatic rings. The van der Waals surface area contributed by atoms with Gasteiger partial charge in [-0.25, -0.2) is 4.79 Å². The maximum Gasteiger partial charge on any atom is 0.407 e. The Morgan fingerprint density at radius 3 is 1.63 bits per heavy atom. The number of aliphatic hydroxyl groups is 1. The van der Waals surface area contributed by atoms with Crippen LogP contribution in [0, 0.1) is 0 Å². The van der Waals surface area contributed by atoms with Gasteiger partial charge in [-0.1, -0.05) is 153 Å². The largest absolute Gasteiger partial charge is 0.444 e. The van der Waals surface area contributed by atoms with Crippen LogP contribution in [0.5, 0.6) is 0 Å². The molecule has 1 fully saturated rings. The fraction of sp³-hybridized carbons (Fsp3) is 0.438. The molecule has 4 aromatic rings. The maximum absolute atomic E-state index is 13.3. The first-order valence-corrected chi connectivity index (χ1v) is 20.3. The number of aliphatic hydroxyl groups excluding tert-OH is 1. The molecule has 7 atom stereocenters. The van der Waals surface area contributed by atoms with E-state index in [1.165, 1.54) is 0 Å². The molecule has 306 valence electrons. The number of hydrogen-bond acceptors (Lipinski definition) is 8. The lowest BCUT2D eigenvalue weighted by Crippen LogP contribution is -2.62. The van der Waals surface area contributed by atoms with Crippen molar-refractivity contribution in [2.75, 3.05) is 6.61 Å². The van der Waals surface area contributed by atoms with Gasteiger partial charge in [0.2, 0.25) is 0 Å². The fourth-order valence-corrected chi connectivity index (χ4v) is 6.76. The van der Waals surface area contributed by atoms with E-state index in [1.807, 2.05) is 148 Å². The molecule has 0 saturated carbocycles. The molecule has 0 aromatic heterocycles. The van der Waals surface area contributed by atoms with Crippen molar-refractivity contribution >= 4 is 6.09 Å². The van der Waals surface area contributed by atoms with Gasteiger partial charge in [-0.15, -0.1) is 0 Å². The first-order chi connectivity index (χ1) is 27.7. The number of carbonyl (C=O) groups excluding carboxylic acids is 1. The first-order valence-electron chi connectivity index (χ1n) is 20.3. The van der Waals surface area contributed by atoms with Crippen LogP contribution in [-0.4, -0.2) is 66.1 Å². The summed E-state index contributed by atoms with van der Waals surface area (Å²) in [5, 5.41) is 14.6. The second kappa shape index (κ2) is 23.2. The molecular formula is C48H61NO8. The number of hydrogen-bond donors (Lipinski definition) is 2. The Kier molecular flexibility index (Phi) is 17.8. The zero-order valence-corrected chi connectivity index (χ0v) is 33.9. The van der Waals surface area contributed by atoms with Crippen LogP contribution in [0.4, 0.5) is 4.79 Å². The van der Waals surface area contributed by atoms with E-state index in [9.17, 15) is 9.90 Å². The molecule has 4 aromatic carbocycles. The van der Waals surface area contributed by atoms with Crippen molar-refractivity contribution < 1.29 is 38.3 Å². The third-order valence-corrected chi connectivity index (χ3v) is 9.64. The van der Waals surface area contributed by atoms with Gasteiger partial charge in [0, 0.05) is 0 Å². The Labute approximate surface area is 339 Å². The van der Waals surface area contributed by atoms with Gasteiger partial charge in [0.1, 0.15) is 30.0 Å². The number of alkyl carbamates (subject to hydrolysis) is 1. The Bertz CT molecular complexity index is 1720. The molecule has 0 spiro atoms. The van der Waals surface area contributed by atoms with Crippen molar-refractivity contribution in [3.63, 3.8) is 0 Å². The van der Waals surface area contributed by atoms with Crippen LogP contribution in [0.25, 0.3) is 0 Å². The van der Waals surface area contributed by atoms with Crippen LogP contribution in [-0.2, 0) is 54.8 Å². The Balaban J connectivity index is 1.52. The minimum absolute atomic E-state index is 0.184. The lowest BCUT2D eigenvalue weighted by molar-refractivity contribution is -0.274. The van der Waals surface area contributed by atoms with Crippen LogP contribution in [0.1, 0.15) is 75.6 Å². The zero-order chi connectivity index (χ0) is 40.3. The molecule has 1 heterocycles. The molecule has 5 rings (SSSR count). The summed E-state index contributed by atoms with van der Waals surface area (Å²) in [6, 6.07) is 39.2. The maximum atomic E-state index is 13.3. The number of nitrogens with one attached hydrogen (secondary N) is 1. The Morgan fingerprint density at radius 2 is 1.16 bits per heavy atom. The van der Waals surface area contributed by atoms with Crippen molar-refractivity contribution in [3.05, 3.63) is 156 Å². The molecule has 57 heavy (non-hydrogen) atoms. The third kappa shape index (κ3) is 15.2. The first kappa shape index (κ1) is 43.8. The number of ether oxygens (including phenoxy) is 6. The van der Waals surface area contributed by atoms with E-state index in [0.29, 0.717) is 19.8 Å². The van der Waals surface area contributed by atoms with E-state index in [-0.39, 0.29) is 19.6 Å². The van der Waals surface area contributed by atoms with Crippen LogP contribution in [0.2, 0.25) is 0 Å². The van der Waals surface area contributed by atoms with Crippen molar-refractivity contribution in [3.8, 4) is 0 Å². The average molecular weight is 780 g/mol. The van der Waals surface area contributed by atoms with Crippen LogP contribution in [0.15, 0.2) is 133 Å². The summed E-state index contributed by atoms with van der Waals surface area (Å²) in [6.45, 7) is 9.03. The van der Waals surface area contributed by atoms with Crippen LogP contribution < -0.4 is 5.32 Å². The van der Waals surface area contributed by atoms with Crippen molar-refractivity contribution in [2.24, 2.45) is 0 Å². The topological polar surface area (TPSA) is 105 Å². The summed E-state index contributed by atoms with van der Waals surface area (Å²) in [4.78, 5) is 13.3. The summed E-state index contributed by atoms with van der Waals surface area (Å²) in [7, 11) is 0. The highest BCUT2D eigenvalue weighted by Gasteiger charge is 2.49. The second-order valence-electron chi connectivity index (χ2n) is 15.5. The highest BCUT2D eigenvalue weighted by Crippen LogP contribution is 2.33. The van der Waals surface area contributed by atoms with Gasteiger partial charge in [0.05, 0.1) is 51.3 Å². The molecule has 0 radical (unpaired) electrons. The predicted octanol–water partition coefficient (Wildman–Crippen LogP) is 9.12. The Hall–Kier alpha value is -4.35. The quantitative estimate of drug-likeness (QED) is 0.0638. The smallest absolute Gasteiger partial charge is 0.407 e. The molecule has 9 heteroatoms. The third-order valence-electron chi connectivity index (χ3n) is 9.64. The summed E-state index contributed by atoms with van der Waals surface area (Å²) in [6.07, 6.45) is 1.86. The number of unbranched alkanes of at least 4 members (excludes halogenated alkanes) is 2. The lowest BCUT2D eigenvalue weighted by Gasteiger charge is -2.47. The van der Waals surface area contributed by atoms with Gasteiger partial charge in [0.15, 0.2) is 0 Å². The fourth-order valence-electron chi connectivity index (χ4n) is 6.76. The number of rotatable bonds is 21. The van der Waals surface area contributed by atoms with Crippen molar-refractivity contribution in [1.82, 2.24) is 5.32 Å². The number of amides is 1. The number of benzene rings is 4. The van der Waals surface area contributed by atoms with Crippen LogP contribution >= 0.6 is 0 Å². The van der Waals surface area contributed by atoms with E-state index in [0.717, 1.165) is 41.5 Å². The van der Waals surface area contributed by atoms with Gasteiger partial charge < -0.3 is 38.8 Å². The molecule has 9 nitrogen and oxygen atoms in total. The van der Waals surface area contributed by atoms with E-state index >= 15 is 0 Å². The van der Waals surface area contributed by atoms with Crippen LogP contribution in [0.3, 0.4) is 0 Å². The van der Waals surface area contributed by atoms with E-state index in [4.69, 9.17) is 28.4 Å². The molecule has 2 N–H and O–H groups in total. The molecule has 1 aliphatic heterocycles. The van der Waals surface area contributed by atoms with Gasteiger partial charge in [-0.3, -0.25) is 0 Å². The average Bonchev–Trinajstić information content (AvgIpc) is 3.21. The summed E-state index contributed by atoms with van der Waals surface area (Å²) in [5.74, 6) is 0. The number of allylic oxidation sites excluding steroid dienone is 1. The van der Waals surface area contributed by atoms with Gasteiger partial charge in [-0.05, 0) is 55.9 Å². The highest BCUT2D eigenvalue weighted by molar-refractivity contribution is 5.68. The molecule has 1 saturated heterocycles.